The Morgan fingerprint density at radius 2 is 0.655 bits per heavy atom. The molecular weight excluding hydrogens is 1530 g/mol. The van der Waals surface area contributed by atoms with Crippen LogP contribution in [0.25, 0.3) is 20.2 Å². The van der Waals surface area contributed by atoms with Crippen LogP contribution in [-0.4, -0.2) is 20.1 Å². The highest BCUT2D eigenvalue weighted by atomic mass is 32.2. The number of rotatable bonds is 11. The van der Waals surface area contributed by atoms with E-state index < -0.39 is 78.1 Å². The van der Waals surface area contributed by atoms with Crippen LogP contribution < -0.4 is 86.5 Å². The van der Waals surface area contributed by atoms with Gasteiger partial charge in [0.15, 0.2) is 0 Å². The highest BCUT2D eigenvalue weighted by Gasteiger charge is 2.52. The van der Waals surface area contributed by atoms with Crippen molar-refractivity contribution in [3.05, 3.63) is 350 Å². The molecule has 552 valence electrons. The second-order valence-electron chi connectivity index (χ2n) is 29.1. The van der Waals surface area contributed by atoms with E-state index in [2.05, 4.69) is 24.3 Å². The van der Waals surface area contributed by atoms with Gasteiger partial charge in [-0.15, -0.1) is 22.7 Å². The lowest BCUT2D eigenvalue weighted by Gasteiger charge is -2.44. The maximum Gasteiger partial charge on any atom is 0.273 e. The summed E-state index contributed by atoms with van der Waals surface area (Å²) in [7, 11) is 0. The lowest BCUT2D eigenvalue weighted by molar-refractivity contribution is 0.468. The fourth-order valence-corrected chi connectivity index (χ4v) is 22.1. The molecule has 6 aliphatic rings. The quantitative estimate of drug-likeness (QED) is 0.0931. The fraction of sp³-hybridized carbons (Fsp3) is 0. The molecule has 8 nitrogen and oxygen atoms in total. The summed E-state index contributed by atoms with van der Waals surface area (Å²) in [5.74, 6) is -4.92. The van der Waals surface area contributed by atoms with Crippen LogP contribution in [0.3, 0.4) is 0 Å². The summed E-state index contributed by atoms with van der Waals surface area (Å²) in [5, 5.41) is 1.77. The number of hydrogen-bond donors (Lipinski definition) is 0. The van der Waals surface area contributed by atoms with Gasteiger partial charge in [-0.05, 0) is 171 Å². The van der Waals surface area contributed by atoms with Crippen molar-refractivity contribution < 1.29 is 49.3 Å². The lowest BCUT2D eigenvalue weighted by Crippen LogP contribution is -2.64. The van der Waals surface area contributed by atoms with E-state index >= 15 is 35.1 Å². The van der Waals surface area contributed by atoms with Gasteiger partial charge >= 0.3 is 0 Å². The summed E-state index contributed by atoms with van der Waals surface area (Å²) in [4.78, 5) is 9.73. The van der Waals surface area contributed by atoms with Gasteiger partial charge in [-0.25, -0.2) is 35.1 Å². The molecule has 15 aromatic carbocycles. The molecule has 0 atom stereocenters. The monoisotopic (exact) mass is 1580 g/mol. The molecule has 0 radical (unpaired) electrons. The average molecular weight is 1580 g/mol. The van der Waals surface area contributed by atoms with Crippen LogP contribution in [0.15, 0.2) is 313 Å². The van der Waals surface area contributed by atoms with Crippen molar-refractivity contribution in [2.75, 3.05) is 24.5 Å². The Labute approximate surface area is 671 Å². The fourth-order valence-electron chi connectivity index (χ4n) is 18.0. The smallest absolute Gasteiger partial charge is 0.273 e. The number of ether oxygens (including phenoxy) is 3. The van der Waals surface area contributed by atoms with E-state index in [0.717, 1.165) is 46.0 Å². The summed E-state index contributed by atoms with van der Waals surface area (Å²) >= 11 is 4.61. The molecule has 0 amide bonds. The van der Waals surface area contributed by atoms with Crippen molar-refractivity contribution in [3.8, 4) is 34.5 Å². The van der Waals surface area contributed by atoms with E-state index in [9.17, 15) is 0 Å². The molecule has 2 aromatic heterocycles. The summed E-state index contributed by atoms with van der Waals surface area (Å²) < 4.78 is 165. The van der Waals surface area contributed by atoms with Gasteiger partial charge in [0.05, 0.1) is 11.4 Å². The Hall–Kier alpha value is -13.4. The molecule has 0 unspecified atom stereocenters. The molecule has 23 rings (SSSR count). The molecule has 0 N–H and O–H groups in total. The topological polar surface area (TPSA) is 43.9 Å². The number of fused-ring (bicyclic) bond motifs is 16. The molecule has 0 aliphatic carbocycles. The number of benzene rings is 15. The van der Waals surface area contributed by atoms with Crippen LogP contribution in [0.5, 0.6) is 34.5 Å². The molecule has 116 heavy (non-hydrogen) atoms. The molecular formula is C94H50B3F8N5O3S3. The van der Waals surface area contributed by atoms with Crippen LogP contribution in [0.4, 0.5) is 120 Å². The minimum absolute atomic E-state index is 0.260. The number of anilines is 15. The predicted molar refractivity (Wildman–Crippen MR) is 454 cm³/mol. The minimum Gasteiger partial charge on any atom is -0.458 e. The highest BCUT2D eigenvalue weighted by molar-refractivity contribution is 8.00. The normalized spacial score (nSPS) is 13.3. The first-order valence-corrected chi connectivity index (χ1v) is 39.9. The van der Waals surface area contributed by atoms with Gasteiger partial charge in [0.25, 0.3) is 20.1 Å². The molecule has 0 fully saturated rings. The average Bonchev–Trinajstić information content (AvgIpc) is 1.06. The Bertz CT molecular complexity index is 6950. The number of para-hydroxylation sites is 8. The van der Waals surface area contributed by atoms with Gasteiger partial charge in [-0.3, -0.25) is 0 Å². The van der Waals surface area contributed by atoms with E-state index in [-0.39, 0.29) is 34.3 Å². The van der Waals surface area contributed by atoms with Crippen LogP contribution in [0.1, 0.15) is 0 Å². The first-order chi connectivity index (χ1) is 56.8. The van der Waals surface area contributed by atoms with Gasteiger partial charge in [0, 0.05) is 122 Å². The molecule has 22 heteroatoms. The zero-order valence-corrected chi connectivity index (χ0v) is 62.8. The Kier molecular flexibility index (Phi) is 15.3. The van der Waals surface area contributed by atoms with Gasteiger partial charge in [-0.1, -0.05) is 151 Å². The van der Waals surface area contributed by atoms with E-state index in [1.807, 2.05) is 138 Å². The van der Waals surface area contributed by atoms with E-state index in [1.165, 1.54) is 94.4 Å². The number of hydrogen-bond acceptors (Lipinski definition) is 11. The van der Waals surface area contributed by atoms with Gasteiger partial charge < -0.3 is 38.7 Å². The summed E-state index contributed by atoms with van der Waals surface area (Å²) in [6.07, 6.45) is 0. The second-order valence-corrected chi connectivity index (χ2v) is 32.3. The van der Waals surface area contributed by atoms with Crippen molar-refractivity contribution in [2.24, 2.45) is 0 Å². The van der Waals surface area contributed by atoms with Crippen LogP contribution in [-0.2, 0) is 0 Å². The zero-order chi connectivity index (χ0) is 77.6. The standard InChI is InChI=1S/C94H50B3F8N5O3S3/c98-64-31-17-32-65(99)87(64)107(53-25-9-3-10-26-53)56-42-75-85-83(46-56)114-92-59-30-14-16-40-82(59)116-94(92)96(85)61-48-62-76(50-73(61)110(75)90-70(104)37-20-38-71(90)105)111-78-43-55(106(51-21-5-1-6-22-51)52-23-7-2-8-24-52)41-74-84(78)95(62)60-47-63-77(49-72(60)109(74)89-68(102)35-19-36-69(89)103)112-79-44-57(108(54-27-11-4-12-28-54)88-66(100)33-18-34-67(88)101)45-80-86(79)97(63)93-91(113-80)58-29-13-15-39-81(58)115-93/h1-50H. The molecule has 6 aliphatic heterocycles. The van der Waals surface area contributed by atoms with E-state index in [4.69, 9.17) is 14.2 Å². The largest absolute Gasteiger partial charge is 0.458 e. The summed E-state index contributed by atoms with van der Waals surface area (Å²) in [5.41, 5.74) is 7.30. The molecule has 0 bridgehead atoms. The molecule has 0 saturated carbocycles. The first kappa shape index (κ1) is 68.2. The van der Waals surface area contributed by atoms with Gasteiger partial charge in [-0.2, -0.15) is 0 Å². The number of thiophene rings is 2. The second kappa shape index (κ2) is 26.1. The Morgan fingerprint density at radius 1 is 0.276 bits per heavy atom. The van der Waals surface area contributed by atoms with E-state index in [0.29, 0.717) is 106 Å². The Morgan fingerprint density at radius 3 is 1.16 bits per heavy atom. The zero-order valence-electron chi connectivity index (χ0n) is 60.3. The van der Waals surface area contributed by atoms with Crippen molar-refractivity contribution in [1.82, 2.24) is 0 Å². The predicted octanol–water partition coefficient (Wildman–Crippen LogP) is 21.5. The summed E-state index contributed by atoms with van der Waals surface area (Å²) in [6.45, 7) is -2.30. The third kappa shape index (κ3) is 10.2. The van der Waals surface area contributed by atoms with Crippen LogP contribution in [0.2, 0.25) is 0 Å². The molecule has 8 heterocycles. The van der Waals surface area contributed by atoms with Gasteiger partial charge in [0.1, 0.15) is 104 Å². The molecule has 0 spiro atoms. The van der Waals surface area contributed by atoms with Crippen molar-refractivity contribution in [2.45, 2.75) is 9.79 Å². The number of halogens is 8. The van der Waals surface area contributed by atoms with Crippen LogP contribution >= 0.6 is 34.4 Å². The number of nitrogens with zero attached hydrogens (tertiary/aromatic N) is 5. The van der Waals surface area contributed by atoms with Crippen molar-refractivity contribution in [1.29, 1.82) is 0 Å². The third-order valence-electron chi connectivity index (χ3n) is 22.7. The third-order valence-corrected chi connectivity index (χ3v) is 26.5. The van der Waals surface area contributed by atoms with Crippen molar-refractivity contribution >= 4 is 208 Å². The lowest BCUT2D eigenvalue weighted by atomic mass is 9.31. The van der Waals surface area contributed by atoms with Crippen LogP contribution in [0, 0.1) is 46.5 Å². The van der Waals surface area contributed by atoms with Crippen molar-refractivity contribution in [3.63, 3.8) is 0 Å². The molecule has 17 aromatic rings. The highest BCUT2D eigenvalue weighted by Crippen LogP contribution is 2.55. The summed E-state index contributed by atoms with van der Waals surface area (Å²) in [6, 6.07) is 86.6. The SMILES string of the molecule is Fc1cccc(F)c1N(c1ccccc1)c1cc2c3c(c1)Oc1c(sc4ccccc14)B3c1cc3c(cc1O2)N(c1c(F)cccc1F)c1cc(N(c2ccccc2)c2ccccc2)cc2c1B3c1cc3c(cc1O2)N(c1c(F)cccc1F)c1cc(N(c2ccccc2)c2c(F)cccc2F)cc2c1B3c1sc3ccccc3c1S2. The minimum atomic E-state index is -0.909. The molecule has 0 saturated heterocycles. The maximum absolute atomic E-state index is 18.0. The first-order valence-electron chi connectivity index (χ1n) is 37.5. The maximum atomic E-state index is 18.0. The van der Waals surface area contributed by atoms with Gasteiger partial charge in [0.2, 0.25) is 0 Å². The van der Waals surface area contributed by atoms with E-state index in [1.54, 1.807) is 105 Å². The Balaban J connectivity index is 0.820.